The molecule has 3 rings (SSSR count). The van der Waals surface area contributed by atoms with Gasteiger partial charge in [0.05, 0.1) is 22.5 Å². The summed E-state index contributed by atoms with van der Waals surface area (Å²) in [5.41, 5.74) is -3.00. The molecule has 5 nitrogen and oxygen atoms in total. The highest BCUT2D eigenvalue weighted by molar-refractivity contribution is 7.15. The molecule has 0 unspecified atom stereocenters. The second-order valence-corrected chi connectivity index (χ2v) is 8.49. The standard InChI is InChI=1S/C19H13F6N3O2S2/c20-18(21,22)11-4-10(5-12(7-11)19(23,24)25)6-13-8-27-17(32-13)28-15(29)9-26-16(30)14-2-1-3-31-14/h1-5,7-8H,6,9H2,(H,26,30)(H,27,28,29). The van der Waals surface area contributed by atoms with Crippen molar-refractivity contribution in [2.75, 3.05) is 11.9 Å². The van der Waals surface area contributed by atoms with Crippen molar-refractivity contribution in [3.8, 4) is 0 Å². The Morgan fingerprint density at radius 3 is 2.22 bits per heavy atom. The van der Waals surface area contributed by atoms with E-state index in [1.165, 1.54) is 17.5 Å². The van der Waals surface area contributed by atoms with Crippen LogP contribution >= 0.6 is 22.7 Å². The summed E-state index contributed by atoms with van der Waals surface area (Å²) in [6, 6.07) is 4.62. The van der Waals surface area contributed by atoms with Gasteiger partial charge in [-0.15, -0.1) is 22.7 Å². The van der Waals surface area contributed by atoms with Gasteiger partial charge in [0.1, 0.15) is 0 Å². The predicted octanol–water partition coefficient (Wildman–Crippen LogP) is 5.20. The van der Waals surface area contributed by atoms with E-state index in [0.29, 0.717) is 21.9 Å². The maximum atomic E-state index is 13.0. The van der Waals surface area contributed by atoms with Crippen molar-refractivity contribution in [2.24, 2.45) is 0 Å². The SMILES string of the molecule is O=C(CNC(=O)c1cccs1)Nc1ncc(Cc2cc(C(F)(F)F)cc(C(F)(F)F)c2)s1. The van der Waals surface area contributed by atoms with Gasteiger partial charge in [-0.1, -0.05) is 6.07 Å². The number of hydrogen-bond donors (Lipinski definition) is 2. The van der Waals surface area contributed by atoms with Crippen molar-refractivity contribution >= 4 is 39.6 Å². The molecule has 170 valence electrons. The molecule has 0 aliphatic rings. The highest BCUT2D eigenvalue weighted by Gasteiger charge is 2.36. The second-order valence-electron chi connectivity index (χ2n) is 6.43. The Morgan fingerprint density at radius 1 is 1.00 bits per heavy atom. The first-order chi connectivity index (χ1) is 14.9. The minimum atomic E-state index is -4.93. The first-order valence-corrected chi connectivity index (χ1v) is 10.5. The maximum absolute atomic E-state index is 13.0. The number of aromatic nitrogens is 1. The lowest BCUT2D eigenvalue weighted by Gasteiger charge is -2.13. The Hall–Kier alpha value is -2.93. The van der Waals surface area contributed by atoms with E-state index in [2.05, 4.69) is 15.6 Å². The number of carbonyl (C=O) groups excluding carboxylic acids is 2. The molecule has 0 fully saturated rings. The first kappa shape index (κ1) is 23.7. The van der Waals surface area contributed by atoms with Gasteiger partial charge in [-0.3, -0.25) is 9.59 Å². The summed E-state index contributed by atoms with van der Waals surface area (Å²) >= 11 is 2.10. The Balaban J connectivity index is 1.65. The van der Waals surface area contributed by atoms with Gasteiger partial charge in [0.25, 0.3) is 5.91 Å². The van der Waals surface area contributed by atoms with Crippen molar-refractivity contribution in [3.63, 3.8) is 0 Å². The average molecular weight is 493 g/mol. The predicted molar refractivity (Wildman–Crippen MR) is 107 cm³/mol. The summed E-state index contributed by atoms with van der Waals surface area (Å²) in [5, 5.41) is 6.63. The lowest BCUT2D eigenvalue weighted by Crippen LogP contribution is -2.32. The van der Waals surface area contributed by atoms with Gasteiger partial charge in [-0.05, 0) is 35.2 Å². The summed E-state index contributed by atoms with van der Waals surface area (Å²) in [7, 11) is 0. The first-order valence-electron chi connectivity index (χ1n) is 8.76. The molecular formula is C19H13F6N3O2S2. The molecule has 13 heteroatoms. The fourth-order valence-electron chi connectivity index (χ4n) is 2.59. The molecule has 0 atom stereocenters. The van der Waals surface area contributed by atoms with E-state index in [1.807, 2.05) is 0 Å². The molecule has 32 heavy (non-hydrogen) atoms. The highest BCUT2D eigenvalue weighted by Crippen LogP contribution is 2.37. The minimum Gasteiger partial charge on any atom is -0.342 e. The summed E-state index contributed by atoms with van der Waals surface area (Å²) in [6.07, 6.45) is -8.86. The zero-order chi connectivity index (χ0) is 23.5. The number of benzene rings is 1. The lowest BCUT2D eigenvalue weighted by molar-refractivity contribution is -0.143. The van der Waals surface area contributed by atoms with Crippen LogP contribution in [0.25, 0.3) is 0 Å². The van der Waals surface area contributed by atoms with E-state index in [4.69, 9.17) is 0 Å². The topological polar surface area (TPSA) is 71.1 Å². The van der Waals surface area contributed by atoms with Crippen LogP contribution in [0.2, 0.25) is 0 Å². The van der Waals surface area contributed by atoms with Gasteiger partial charge >= 0.3 is 12.4 Å². The van der Waals surface area contributed by atoms with Gasteiger partial charge in [0.15, 0.2) is 5.13 Å². The Kier molecular flexibility index (Phi) is 6.88. The fourth-order valence-corrected chi connectivity index (χ4v) is 4.09. The third-order valence-electron chi connectivity index (χ3n) is 3.98. The van der Waals surface area contributed by atoms with E-state index in [-0.39, 0.29) is 29.7 Å². The Morgan fingerprint density at radius 2 is 1.66 bits per heavy atom. The van der Waals surface area contributed by atoms with E-state index in [1.54, 1.807) is 17.5 Å². The number of thiazole rings is 1. The van der Waals surface area contributed by atoms with Crippen LogP contribution in [0.15, 0.2) is 41.9 Å². The van der Waals surface area contributed by atoms with E-state index in [9.17, 15) is 35.9 Å². The van der Waals surface area contributed by atoms with Crippen LogP contribution in [0.1, 0.15) is 31.2 Å². The van der Waals surface area contributed by atoms with Crippen molar-refractivity contribution in [1.82, 2.24) is 10.3 Å². The van der Waals surface area contributed by atoms with Crippen LogP contribution in [0, 0.1) is 0 Å². The molecule has 0 aliphatic heterocycles. The molecule has 0 radical (unpaired) electrons. The number of halogens is 6. The number of carbonyl (C=O) groups is 2. The molecule has 3 aromatic rings. The molecule has 2 amide bonds. The van der Waals surface area contributed by atoms with Crippen LogP contribution in [0.3, 0.4) is 0 Å². The van der Waals surface area contributed by atoms with E-state index < -0.39 is 35.3 Å². The van der Waals surface area contributed by atoms with Gasteiger partial charge in [0, 0.05) is 17.5 Å². The molecule has 0 saturated carbocycles. The molecule has 2 aromatic heterocycles. The van der Waals surface area contributed by atoms with E-state index in [0.717, 1.165) is 11.3 Å². The monoisotopic (exact) mass is 493 g/mol. The zero-order valence-corrected chi connectivity index (χ0v) is 17.4. The number of anilines is 1. The highest BCUT2D eigenvalue weighted by atomic mass is 32.1. The molecular weight excluding hydrogens is 480 g/mol. The fraction of sp³-hybridized carbons (Fsp3) is 0.211. The van der Waals surface area contributed by atoms with Crippen molar-refractivity contribution in [3.05, 3.63) is 68.4 Å². The van der Waals surface area contributed by atoms with Gasteiger partial charge in [0.2, 0.25) is 5.91 Å². The summed E-state index contributed by atoms with van der Waals surface area (Å²) in [5.74, 6) is -1.02. The molecule has 2 heterocycles. The third-order valence-corrected chi connectivity index (χ3v) is 5.76. The summed E-state index contributed by atoms with van der Waals surface area (Å²) in [6.45, 7) is -0.339. The Bertz CT molecular complexity index is 1070. The van der Waals surface area contributed by atoms with E-state index >= 15 is 0 Å². The normalized spacial score (nSPS) is 11.9. The third kappa shape index (κ3) is 6.29. The van der Waals surface area contributed by atoms with Crippen LogP contribution in [-0.2, 0) is 23.6 Å². The number of alkyl halides is 6. The van der Waals surface area contributed by atoms with Gasteiger partial charge in [-0.2, -0.15) is 26.3 Å². The van der Waals surface area contributed by atoms with Crippen molar-refractivity contribution in [2.45, 2.75) is 18.8 Å². The van der Waals surface area contributed by atoms with Gasteiger partial charge < -0.3 is 10.6 Å². The quantitative estimate of drug-likeness (QED) is 0.464. The average Bonchev–Trinajstić information content (AvgIpc) is 3.37. The number of nitrogens with zero attached hydrogens (tertiary/aromatic N) is 1. The summed E-state index contributed by atoms with van der Waals surface area (Å²) < 4.78 is 77.9. The number of amides is 2. The summed E-state index contributed by atoms with van der Waals surface area (Å²) in [4.78, 5) is 28.4. The smallest absolute Gasteiger partial charge is 0.342 e. The van der Waals surface area contributed by atoms with Crippen LogP contribution in [0.4, 0.5) is 31.5 Å². The van der Waals surface area contributed by atoms with Crippen molar-refractivity contribution in [1.29, 1.82) is 0 Å². The van der Waals surface area contributed by atoms with Crippen LogP contribution < -0.4 is 10.6 Å². The zero-order valence-electron chi connectivity index (χ0n) is 15.8. The maximum Gasteiger partial charge on any atom is 0.416 e. The molecule has 2 N–H and O–H groups in total. The Labute approximate surface area is 185 Å². The lowest BCUT2D eigenvalue weighted by atomic mass is 10.0. The number of hydrogen-bond acceptors (Lipinski definition) is 5. The molecule has 1 aromatic carbocycles. The second kappa shape index (κ2) is 9.28. The number of nitrogens with one attached hydrogen (secondary N) is 2. The van der Waals surface area contributed by atoms with Crippen LogP contribution in [0.5, 0.6) is 0 Å². The largest absolute Gasteiger partial charge is 0.416 e. The molecule has 0 bridgehead atoms. The molecule has 0 saturated heterocycles. The molecule has 0 aliphatic carbocycles. The number of rotatable bonds is 6. The van der Waals surface area contributed by atoms with Crippen molar-refractivity contribution < 1.29 is 35.9 Å². The molecule has 0 spiro atoms. The van der Waals surface area contributed by atoms with Crippen LogP contribution in [-0.4, -0.2) is 23.3 Å². The van der Waals surface area contributed by atoms with Gasteiger partial charge in [-0.25, -0.2) is 4.98 Å². The number of thiophene rings is 1. The minimum absolute atomic E-state index is 0.0618.